The van der Waals surface area contributed by atoms with Gasteiger partial charge in [-0.1, -0.05) is 54.6 Å². The molecule has 0 aliphatic carbocycles. The Kier molecular flexibility index (Phi) is 5.93. The minimum absolute atomic E-state index is 0.0535. The second-order valence-corrected chi connectivity index (χ2v) is 6.53. The topological polar surface area (TPSA) is 78.4 Å². The Bertz CT molecular complexity index is 722. The van der Waals surface area contributed by atoms with Gasteiger partial charge in [0.05, 0.1) is 6.54 Å². The Morgan fingerprint density at radius 3 is 2.08 bits per heavy atom. The predicted octanol–water partition coefficient (Wildman–Crippen LogP) is 2.20. The summed E-state index contributed by atoms with van der Waals surface area (Å²) in [5, 5.41) is 15.6. The number of aliphatic hydroxyl groups is 1. The third kappa shape index (κ3) is 5.16. The lowest BCUT2D eigenvalue weighted by Gasteiger charge is -2.24. The van der Waals surface area contributed by atoms with Crippen LogP contribution in [0.3, 0.4) is 0 Å². The molecular formula is C20H24N2O3. The van der Waals surface area contributed by atoms with Gasteiger partial charge < -0.3 is 15.7 Å². The van der Waals surface area contributed by atoms with Gasteiger partial charge in [0.1, 0.15) is 5.60 Å². The van der Waals surface area contributed by atoms with Crippen molar-refractivity contribution >= 4 is 11.8 Å². The molecule has 0 aliphatic rings. The fourth-order valence-corrected chi connectivity index (χ4v) is 2.41. The van der Waals surface area contributed by atoms with Crippen LogP contribution >= 0.6 is 0 Å². The summed E-state index contributed by atoms with van der Waals surface area (Å²) in [4.78, 5) is 23.4. The van der Waals surface area contributed by atoms with Crippen molar-refractivity contribution in [3.8, 4) is 11.1 Å². The van der Waals surface area contributed by atoms with Crippen LogP contribution < -0.4 is 10.6 Å². The van der Waals surface area contributed by atoms with Crippen LogP contribution in [0, 0.1) is 0 Å². The van der Waals surface area contributed by atoms with Crippen LogP contribution in [0.15, 0.2) is 54.6 Å². The standard InChI is InChI=1S/C20H24N2O3/c1-14(2)22-19(24)18(23)21-13-20(3,25)17-11-9-16(10-12-17)15-7-5-4-6-8-15/h4-12,14,25H,13H2,1-3H3,(H,21,23)(H,22,24)/t20-/m0/s1. The molecule has 0 aliphatic heterocycles. The van der Waals surface area contributed by atoms with E-state index in [-0.39, 0.29) is 12.6 Å². The number of hydrogen-bond acceptors (Lipinski definition) is 3. The highest BCUT2D eigenvalue weighted by Gasteiger charge is 2.25. The van der Waals surface area contributed by atoms with Crippen LogP contribution in [-0.4, -0.2) is 29.5 Å². The molecule has 0 aromatic heterocycles. The first-order chi connectivity index (χ1) is 11.8. The molecule has 2 rings (SSSR count). The first kappa shape index (κ1) is 18.7. The summed E-state index contributed by atoms with van der Waals surface area (Å²) in [5.74, 6) is -1.46. The summed E-state index contributed by atoms with van der Waals surface area (Å²) in [6.07, 6.45) is 0. The van der Waals surface area contributed by atoms with Crippen molar-refractivity contribution in [1.82, 2.24) is 10.6 Å². The molecule has 132 valence electrons. The molecule has 5 heteroatoms. The zero-order valence-electron chi connectivity index (χ0n) is 14.7. The van der Waals surface area contributed by atoms with Crippen molar-refractivity contribution in [2.75, 3.05) is 6.54 Å². The lowest BCUT2D eigenvalue weighted by atomic mass is 9.93. The van der Waals surface area contributed by atoms with Gasteiger partial charge in [0.25, 0.3) is 0 Å². The summed E-state index contributed by atoms with van der Waals surface area (Å²) < 4.78 is 0. The molecule has 0 saturated carbocycles. The molecule has 2 aromatic rings. The fourth-order valence-electron chi connectivity index (χ4n) is 2.41. The molecule has 0 fully saturated rings. The van der Waals surface area contributed by atoms with Crippen molar-refractivity contribution in [2.24, 2.45) is 0 Å². The van der Waals surface area contributed by atoms with E-state index in [9.17, 15) is 14.7 Å². The molecule has 0 unspecified atom stereocenters. The van der Waals surface area contributed by atoms with Gasteiger partial charge in [-0.15, -0.1) is 0 Å². The molecule has 3 N–H and O–H groups in total. The maximum atomic E-state index is 11.8. The number of amides is 2. The molecule has 0 saturated heterocycles. The van der Waals surface area contributed by atoms with E-state index in [2.05, 4.69) is 10.6 Å². The highest BCUT2D eigenvalue weighted by Crippen LogP contribution is 2.24. The van der Waals surface area contributed by atoms with E-state index in [0.29, 0.717) is 5.56 Å². The first-order valence-corrected chi connectivity index (χ1v) is 8.26. The average Bonchev–Trinajstić information content (AvgIpc) is 2.60. The highest BCUT2D eigenvalue weighted by atomic mass is 16.3. The minimum atomic E-state index is -1.27. The lowest BCUT2D eigenvalue weighted by Crippen LogP contribution is -2.46. The molecule has 0 bridgehead atoms. The Labute approximate surface area is 148 Å². The van der Waals surface area contributed by atoms with Crippen LogP contribution in [0.25, 0.3) is 11.1 Å². The molecule has 25 heavy (non-hydrogen) atoms. The van der Waals surface area contributed by atoms with E-state index < -0.39 is 17.4 Å². The Morgan fingerprint density at radius 2 is 1.52 bits per heavy atom. The van der Waals surface area contributed by atoms with E-state index in [4.69, 9.17) is 0 Å². The summed E-state index contributed by atoms with van der Waals surface area (Å²) in [7, 11) is 0. The van der Waals surface area contributed by atoms with Crippen LogP contribution in [0.5, 0.6) is 0 Å². The monoisotopic (exact) mass is 340 g/mol. The van der Waals surface area contributed by atoms with Crippen molar-refractivity contribution in [1.29, 1.82) is 0 Å². The van der Waals surface area contributed by atoms with Crippen molar-refractivity contribution in [3.05, 3.63) is 60.2 Å². The smallest absolute Gasteiger partial charge is 0.309 e. The van der Waals surface area contributed by atoms with E-state index in [1.165, 1.54) is 0 Å². The zero-order valence-corrected chi connectivity index (χ0v) is 14.7. The molecule has 0 radical (unpaired) electrons. The van der Waals surface area contributed by atoms with Gasteiger partial charge in [-0.2, -0.15) is 0 Å². The normalized spacial score (nSPS) is 13.2. The Balaban J connectivity index is 2.02. The maximum Gasteiger partial charge on any atom is 0.309 e. The van der Waals surface area contributed by atoms with Gasteiger partial charge in [0.2, 0.25) is 0 Å². The number of hydrogen-bond donors (Lipinski definition) is 3. The summed E-state index contributed by atoms with van der Waals surface area (Å²) >= 11 is 0. The molecule has 0 heterocycles. The zero-order chi connectivity index (χ0) is 18.4. The number of carbonyl (C=O) groups is 2. The summed E-state index contributed by atoms with van der Waals surface area (Å²) in [6.45, 7) is 5.10. The second-order valence-electron chi connectivity index (χ2n) is 6.53. The van der Waals surface area contributed by atoms with Gasteiger partial charge in [-0.25, -0.2) is 0 Å². The van der Waals surface area contributed by atoms with Crippen molar-refractivity contribution in [2.45, 2.75) is 32.4 Å². The Morgan fingerprint density at radius 1 is 0.960 bits per heavy atom. The molecule has 0 spiro atoms. The van der Waals surface area contributed by atoms with Crippen molar-refractivity contribution < 1.29 is 14.7 Å². The molecule has 2 aromatic carbocycles. The van der Waals surface area contributed by atoms with Gasteiger partial charge in [0, 0.05) is 6.04 Å². The van der Waals surface area contributed by atoms with Crippen LogP contribution in [0.4, 0.5) is 0 Å². The lowest BCUT2D eigenvalue weighted by molar-refractivity contribution is -0.140. The highest BCUT2D eigenvalue weighted by molar-refractivity contribution is 6.35. The number of benzene rings is 2. The van der Waals surface area contributed by atoms with E-state index in [1.807, 2.05) is 54.6 Å². The Hall–Kier alpha value is -2.66. The van der Waals surface area contributed by atoms with Gasteiger partial charge in [0.15, 0.2) is 0 Å². The third-order valence-corrected chi connectivity index (χ3v) is 3.83. The average molecular weight is 340 g/mol. The van der Waals surface area contributed by atoms with E-state index in [0.717, 1.165) is 11.1 Å². The van der Waals surface area contributed by atoms with E-state index in [1.54, 1.807) is 20.8 Å². The molecule has 5 nitrogen and oxygen atoms in total. The fraction of sp³-hybridized carbons (Fsp3) is 0.300. The third-order valence-electron chi connectivity index (χ3n) is 3.83. The second kappa shape index (κ2) is 7.94. The minimum Gasteiger partial charge on any atom is -0.384 e. The quantitative estimate of drug-likeness (QED) is 0.730. The maximum absolute atomic E-state index is 11.8. The van der Waals surface area contributed by atoms with Crippen molar-refractivity contribution in [3.63, 3.8) is 0 Å². The van der Waals surface area contributed by atoms with Gasteiger partial charge in [-0.05, 0) is 37.5 Å². The van der Waals surface area contributed by atoms with Crippen LogP contribution in [-0.2, 0) is 15.2 Å². The SMILES string of the molecule is CC(C)NC(=O)C(=O)NC[C@](C)(O)c1ccc(-c2ccccc2)cc1. The number of rotatable bonds is 5. The number of nitrogens with one attached hydrogen (secondary N) is 2. The summed E-state index contributed by atoms with van der Waals surface area (Å²) in [5.41, 5.74) is 1.52. The predicted molar refractivity (Wildman–Crippen MR) is 97.7 cm³/mol. The van der Waals surface area contributed by atoms with Crippen LogP contribution in [0.2, 0.25) is 0 Å². The molecule has 1 atom stereocenters. The first-order valence-electron chi connectivity index (χ1n) is 8.26. The van der Waals surface area contributed by atoms with E-state index >= 15 is 0 Å². The number of carbonyl (C=O) groups excluding carboxylic acids is 2. The molecule has 2 amide bonds. The largest absolute Gasteiger partial charge is 0.384 e. The van der Waals surface area contributed by atoms with Gasteiger partial charge >= 0.3 is 11.8 Å². The molecular weight excluding hydrogens is 316 g/mol. The summed E-state index contributed by atoms with van der Waals surface area (Å²) in [6, 6.07) is 17.3. The van der Waals surface area contributed by atoms with Gasteiger partial charge in [-0.3, -0.25) is 9.59 Å². The van der Waals surface area contributed by atoms with Crippen LogP contribution in [0.1, 0.15) is 26.3 Å².